The number of hydrogen-bond acceptors (Lipinski definition) is 2. The van der Waals surface area contributed by atoms with E-state index in [0.29, 0.717) is 0 Å². The Hall–Kier alpha value is -0.670. The average Bonchev–Trinajstić information content (AvgIpc) is 1.88. The van der Waals surface area contributed by atoms with Gasteiger partial charge in [-0.1, -0.05) is 6.08 Å². The smallest absolute Gasteiger partial charge is 0.301 e. The van der Waals surface area contributed by atoms with Crippen LogP contribution in [-0.4, -0.2) is 30.9 Å². The molecular formula is C7H13N2O+. The summed E-state index contributed by atoms with van der Waals surface area (Å²) in [6, 6.07) is 0. The van der Waals surface area contributed by atoms with Gasteiger partial charge >= 0.3 is 5.91 Å². The number of nitrogens with zero attached hydrogens (tertiary/aromatic N) is 1. The van der Waals surface area contributed by atoms with Crippen molar-refractivity contribution in [3.63, 3.8) is 0 Å². The number of quaternary nitrogens is 1. The molecule has 1 heterocycles. The second-order valence-corrected chi connectivity index (χ2v) is 2.68. The van der Waals surface area contributed by atoms with Gasteiger partial charge in [0.2, 0.25) is 0 Å². The zero-order valence-corrected chi connectivity index (χ0v) is 6.26. The average molecular weight is 141 g/mol. The second kappa shape index (κ2) is 2.94. The summed E-state index contributed by atoms with van der Waals surface area (Å²) in [5.41, 5.74) is 4.22. The van der Waals surface area contributed by atoms with Gasteiger partial charge in [-0.25, -0.2) is 4.79 Å². The van der Waals surface area contributed by atoms with Crippen molar-refractivity contribution in [2.45, 2.75) is 6.42 Å². The molecular weight excluding hydrogens is 128 g/mol. The highest BCUT2D eigenvalue weighted by Crippen LogP contribution is 2.05. The van der Waals surface area contributed by atoms with Crippen LogP contribution in [0.1, 0.15) is 6.42 Å². The molecule has 0 aromatic carbocycles. The van der Waals surface area contributed by atoms with Gasteiger partial charge in [-0.15, -0.1) is 0 Å². The highest BCUT2D eigenvalue weighted by Gasteiger charge is 2.14. The first-order valence-electron chi connectivity index (χ1n) is 3.44. The maximum atomic E-state index is 10.7. The van der Waals surface area contributed by atoms with Crippen molar-refractivity contribution in [3.05, 3.63) is 11.6 Å². The van der Waals surface area contributed by atoms with E-state index in [4.69, 9.17) is 0 Å². The van der Waals surface area contributed by atoms with Crippen molar-refractivity contribution in [2.24, 2.45) is 0 Å². The molecule has 0 aliphatic carbocycles. The van der Waals surface area contributed by atoms with Crippen LogP contribution in [0, 0.1) is 0 Å². The van der Waals surface area contributed by atoms with Gasteiger partial charge in [0.1, 0.15) is 0 Å². The predicted molar refractivity (Wildman–Crippen MR) is 38.1 cm³/mol. The van der Waals surface area contributed by atoms with Gasteiger partial charge < -0.3 is 4.90 Å². The normalized spacial score (nSPS) is 20.4. The lowest BCUT2D eigenvalue weighted by atomic mass is 10.1. The molecule has 0 saturated heterocycles. The third-order valence-corrected chi connectivity index (χ3v) is 1.70. The summed E-state index contributed by atoms with van der Waals surface area (Å²) in [6.07, 6.45) is 2.96. The molecule has 0 fully saturated rings. The Balaban J connectivity index is 2.60. The lowest BCUT2D eigenvalue weighted by molar-refractivity contribution is -0.299. The fraction of sp³-hybridized carbons (Fsp3) is 0.571. The number of hydrogen-bond donors (Lipinski definition) is 1. The molecule has 3 N–H and O–H groups in total. The molecule has 0 atom stereocenters. The largest absolute Gasteiger partial charge is 0.337 e. The van der Waals surface area contributed by atoms with E-state index in [1.165, 1.54) is 0 Å². The lowest BCUT2D eigenvalue weighted by Gasteiger charge is -2.19. The molecule has 3 heteroatoms. The summed E-state index contributed by atoms with van der Waals surface area (Å²) in [7, 11) is 2.01. The number of likely N-dealkylation sites (N-methyl/N-ethyl adjacent to an activating group) is 1. The molecule has 0 unspecified atom stereocenters. The molecule has 56 valence electrons. The van der Waals surface area contributed by atoms with Gasteiger partial charge in [0, 0.05) is 13.1 Å². The van der Waals surface area contributed by atoms with Crippen molar-refractivity contribution in [1.82, 2.24) is 4.90 Å². The zero-order valence-electron chi connectivity index (χ0n) is 6.26. The third kappa shape index (κ3) is 1.65. The van der Waals surface area contributed by atoms with Crippen molar-refractivity contribution >= 4 is 5.91 Å². The Morgan fingerprint density at radius 2 is 2.50 bits per heavy atom. The van der Waals surface area contributed by atoms with Crippen LogP contribution in [0.4, 0.5) is 0 Å². The van der Waals surface area contributed by atoms with E-state index in [2.05, 4.69) is 10.6 Å². The Bertz CT molecular complexity index is 174. The summed E-state index contributed by atoms with van der Waals surface area (Å²) >= 11 is 0. The lowest BCUT2D eigenvalue weighted by Crippen LogP contribution is -2.59. The van der Waals surface area contributed by atoms with Crippen LogP contribution < -0.4 is 5.73 Å². The Labute approximate surface area is 60.5 Å². The van der Waals surface area contributed by atoms with Crippen molar-refractivity contribution < 1.29 is 10.5 Å². The number of rotatable bonds is 1. The minimum atomic E-state index is -0.0356. The summed E-state index contributed by atoms with van der Waals surface area (Å²) in [5.74, 6) is -0.0356. The monoisotopic (exact) mass is 141 g/mol. The van der Waals surface area contributed by atoms with Crippen LogP contribution in [0.2, 0.25) is 0 Å². The molecule has 0 radical (unpaired) electrons. The fourth-order valence-corrected chi connectivity index (χ4v) is 1.10. The first-order valence-corrected chi connectivity index (χ1v) is 3.44. The van der Waals surface area contributed by atoms with Crippen LogP contribution in [-0.2, 0) is 4.79 Å². The Morgan fingerprint density at radius 1 is 1.80 bits per heavy atom. The molecule has 3 nitrogen and oxygen atoms in total. The van der Waals surface area contributed by atoms with Gasteiger partial charge in [-0.3, -0.25) is 5.73 Å². The molecule has 0 spiro atoms. The second-order valence-electron chi connectivity index (χ2n) is 2.68. The van der Waals surface area contributed by atoms with Crippen LogP contribution in [0.5, 0.6) is 0 Å². The van der Waals surface area contributed by atoms with Crippen LogP contribution in [0.25, 0.3) is 0 Å². The molecule has 1 rings (SSSR count). The minimum absolute atomic E-state index is 0.0356. The molecule has 0 aromatic rings. The predicted octanol–water partition coefficient (Wildman–Crippen LogP) is -0.983. The summed E-state index contributed by atoms with van der Waals surface area (Å²) in [6.45, 7) is 1.82. The molecule has 0 bridgehead atoms. The Morgan fingerprint density at radius 3 is 2.90 bits per heavy atom. The molecule has 0 aromatic heterocycles. The standard InChI is InChI=1S/C7H12N2O/c1-9-4-2-3-6(5-9)7(8)10/h3H,2,4-5H2,1H3,(H2,8,10)/p+1. The topological polar surface area (TPSA) is 48.0 Å². The Kier molecular flexibility index (Phi) is 2.19. The number of carbonyl (C=O) groups excluding carboxylic acids is 1. The molecule has 1 amide bonds. The van der Waals surface area contributed by atoms with E-state index < -0.39 is 0 Å². The zero-order chi connectivity index (χ0) is 7.56. The maximum Gasteiger partial charge on any atom is 0.337 e. The molecule has 1 aliphatic heterocycles. The highest BCUT2D eigenvalue weighted by molar-refractivity contribution is 5.85. The molecule has 1 aliphatic rings. The van der Waals surface area contributed by atoms with Gasteiger partial charge in [0.25, 0.3) is 0 Å². The number of amides is 1. The van der Waals surface area contributed by atoms with E-state index in [-0.39, 0.29) is 5.91 Å². The maximum absolute atomic E-state index is 10.7. The molecule has 0 saturated carbocycles. The van der Waals surface area contributed by atoms with E-state index >= 15 is 0 Å². The summed E-state index contributed by atoms with van der Waals surface area (Å²) in [5, 5.41) is 0. The summed E-state index contributed by atoms with van der Waals surface area (Å²) in [4.78, 5) is 12.9. The third-order valence-electron chi connectivity index (χ3n) is 1.70. The van der Waals surface area contributed by atoms with Crippen molar-refractivity contribution in [3.8, 4) is 0 Å². The van der Waals surface area contributed by atoms with E-state index in [9.17, 15) is 4.79 Å². The van der Waals surface area contributed by atoms with Crippen LogP contribution in [0.3, 0.4) is 0 Å². The van der Waals surface area contributed by atoms with Crippen molar-refractivity contribution in [1.29, 1.82) is 0 Å². The minimum Gasteiger partial charge on any atom is -0.301 e. The van der Waals surface area contributed by atoms with E-state index in [1.807, 2.05) is 13.1 Å². The molecule has 10 heavy (non-hydrogen) atoms. The van der Waals surface area contributed by atoms with Gasteiger partial charge in [0.05, 0.1) is 5.57 Å². The number of carbonyl (C=O) groups is 1. The highest BCUT2D eigenvalue weighted by atomic mass is 16.1. The van der Waals surface area contributed by atoms with E-state index in [1.54, 1.807) is 0 Å². The first-order chi connectivity index (χ1) is 4.70. The SMILES string of the molecule is CN1CCC=C(C([NH3+])=O)C1. The first kappa shape index (κ1) is 7.44. The summed E-state index contributed by atoms with van der Waals surface area (Å²) < 4.78 is 0. The van der Waals surface area contributed by atoms with Crippen LogP contribution in [0.15, 0.2) is 11.6 Å². The van der Waals surface area contributed by atoms with Gasteiger partial charge in [0.15, 0.2) is 0 Å². The van der Waals surface area contributed by atoms with Crippen molar-refractivity contribution in [2.75, 3.05) is 20.1 Å². The van der Waals surface area contributed by atoms with E-state index in [0.717, 1.165) is 25.1 Å². The van der Waals surface area contributed by atoms with Crippen LogP contribution >= 0.6 is 0 Å². The fourth-order valence-electron chi connectivity index (χ4n) is 1.10. The van der Waals surface area contributed by atoms with Gasteiger partial charge in [-0.2, -0.15) is 0 Å². The van der Waals surface area contributed by atoms with Gasteiger partial charge in [-0.05, 0) is 13.5 Å². The quantitative estimate of drug-likeness (QED) is 0.510.